The van der Waals surface area contributed by atoms with Crippen LogP contribution in [0.25, 0.3) is 0 Å². The summed E-state index contributed by atoms with van der Waals surface area (Å²) in [5, 5.41) is 6.58. The molecule has 1 heterocycles. The van der Waals surface area contributed by atoms with Crippen molar-refractivity contribution < 1.29 is 4.79 Å². The van der Waals surface area contributed by atoms with Gasteiger partial charge in [0.2, 0.25) is 5.91 Å². The largest absolute Gasteiger partial charge is 0.353 e. The van der Waals surface area contributed by atoms with Crippen LogP contribution < -0.4 is 10.6 Å². The molecule has 2 rings (SSSR count). The molecule has 0 unspecified atom stereocenters. The first kappa shape index (κ1) is 12.9. The Labute approximate surface area is 105 Å². The molecule has 0 aromatic carbocycles. The van der Waals surface area contributed by atoms with E-state index >= 15 is 0 Å². The van der Waals surface area contributed by atoms with Crippen molar-refractivity contribution in [3.8, 4) is 0 Å². The van der Waals surface area contributed by atoms with Gasteiger partial charge in [0, 0.05) is 12.5 Å². The molecule has 0 radical (unpaired) electrons. The summed E-state index contributed by atoms with van der Waals surface area (Å²) >= 11 is 0. The summed E-state index contributed by atoms with van der Waals surface area (Å²) in [6, 6.07) is 0.498. The van der Waals surface area contributed by atoms with Crippen LogP contribution in [0.4, 0.5) is 0 Å². The van der Waals surface area contributed by atoms with E-state index in [1.165, 1.54) is 12.8 Å². The third kappa shape index (κ3) is 3.70. The second kappa shape index (κ2) is 4.97. The summed E-state index contributed by atoms with van der Waals surface area (Å²) in [7, 11) is 0. The molecule has 2 aliphatic rings. The second-order valence-electron chi connectivity index (χ2n) is 6.77. The molecule has 0 bridgehead atoms. The third-order valence-electron chi connectivity index (χ3n) is 4.13. The molecule has 1 amide bonds. The van der Waals surface area contributed by atoms with Crippen LogP contribution in [0.3, 0.4) is 0 Å². The van der Waals surface area contributed by atoms with Gasteiger partial charge in [0.05, 0.1) is 0 Å². The van der Waals surface area contributed by atoms with Gasteiger partial charge in [0.25, 0.3) is 0 Å². The lowest BCUT2D eigenvalue weighted by atomic mass is 9.69. The summed E-state index contributed by atoms with van der Waals surface area (Å²) in [4.78, 5) is 11.9. The molecule has 2 fully saturated rings. The quantitative estimate of drug-likeness (QED) is 0.789. The first-order valence-corrected chi connectivity index (χ1v) is 6.97. The Morgan fingerprint density at radius 3 is 2.59 bits per heavy atom. The lowest BCUT2D eigenvalue weighted by Gasteiger charge is -2.40. The number of nitrogens with one attached hydrogen (secondary N) is 2. The summed E-state index contributed by atoms with van der Waals surface area (Å²) in [5.41, 5.74) is 0.290. The van der Waals surface area contributed by atoms with Gasteiger partial charge in [-0.25, -0.2) is 0 Å². The van der Waals surface area contributed by atoms with E-state index in [0.717, 1.165) is 25.9 Å². The predicted octanol–water partition coefficient (Wildman–Crippen LogP) is 1.93. The van der Waals surface area contributed by atoms with Crippen LogP contribution in [-0.4, -0.2) is 25.0 Å². The molecule has 0 spiro atoms. The number of amides is 1. The van der Waals surface area contributed by atoms with Crippen molar-refractivity contribution in [2.75, 3.05) is 13.1 Å². The number of rotatable bonds is 3. The second-order valence-corrected chi connectivity index (χ2v) is 6.77. The molecule has 98 valence electrons. The fourth-order valence-corrected chi connectivity index (χ4v) is 2.92. The Kier molecular flexibility index (Phi) is 3.76. The van der Waals surface area contributed by atoms with Crippen molar-refractivity contribution in [1.82, 2.24) is 10.6 Å². The molecule has 1 aliphatic carbocycles. The normalized spacial score (nSPS) is 30.1. The molecule has 1 saturated carbocycles. The average molecular weight is 238 g/mol. The van der Waals surface area contributed by atoms with Gasteiger partial charge in [-0.3, -0.25) is 4.79 Å². The van der Waals surface area contributed by atoms with Crippen LogP contribution in [0, 0.1) is 17.3 Å². The molecule has 3 heteroatoms. The zero-order chi connectivity index (χ0) is 12.5. The summed E-state index contributed by atoms with van der Waals surface area (Å²) in [5.74, 6) is 1.44. The van der Waals surface area contributed by atoms with E-state index in [-0.39, 0.29) is 11.3 Å². The van der Waals surface area contributed by atoms with Crippen molar-refractivity contribution >= 4 is 5.91 Å². The molecular formula is C14H26N2O. The molecule has 2 N–H and O–H groups in total. The van der Waals surface area contributed by atoms with Crippen molar-refractivity contribution in [1.29, 1.82) is 0 Å². The fourth-order valence-electron chi connectivity index (χ4n) is 2.92. The maximum atomic E-state index is 11.9. The van der Waals surface area contributed by atoms with Gasteiger partial charge >= 0.3 is 0 Å². The highest BCUT2D eigenvalue weighted by Gasteiger charge is 2.35. The van der Waals surface area contributed by atoms with E-state index in [2.05, 4.69) is 31.4 Å². The first-order chi connectivity index (χ1) is 7.97. The number of hydrogen-bond donors (Lipinski definition) is 2. The lowest BCUT2D eigenvalue weighted by molar-refractivity contribution is -0.123. The molecule has 3 nitrogen and oxygen atoms in total. The fraction of sp³-hybridized carbons (Fsp3) is 0.929. The number of carbonyl (C=O) groups excluding carboxylic acids is 1. The van der Waals surface area contributed by atoms with Gasteiger partial charge in [0.1, 0.15) is 0 Å². The zero-order valence-corrected chi connectivity index (χ0v) is 11.4. The van der Waals surface area contributed by atoms with Crippen molar-refractivity contribution in [3.63, 3.8) is 0 Å². The Balaban J connectivity index is 1.88. The minimum atomic E-state index is 0.272. The van der Waals surface area contributed by atoms with Crippen LogP contribution in [0.1, 0.15) is 46.5 Å². The van der Waals surface area contributed by atoms with Gasteiger partial charge in [-0.1, -0.05) is 20.8 Å². The minimum absolute atomic E-state index is 0.272. The van der Waals surface area contributed by atoms with Crippen molar-refractivity contribution in [2.24, 2.45) is 17.3 Å². The molecule has 1 aliphatic heterocycles. The highest BCUT2D eigenvalue weighted by Crippen LogP contribution is 2.37. The Hall–Kier alpha value is -0.570. The Morgan fingerprint density at radius 2 is 2.00 bits per heavy atom. The maximum Gasteiger partial charge on any atom is 0.220 e. The van der Waals surface area contributed by atoms with Gasteiger partial charge < -0.3 is 10.6 Å². The van der Waals surface area contributed by atoms with E-state index in [1.54, 1.807) is 0 Å². The van der Waals surface area contributed by atoms with Gasteiger partial charge in [0.15, 0.2) is 0 Å². The molecule has 17 heavy (non-hydrogen) atoms. The summed E-state index contributed by atoms with van der Waals surface area (Å²) in [6.45, 7) is 8.99. The minimum Gasteiger partial charge on any atom is -0.353 e. The molecule has 1 saturated heterocycles. The molecule has 0 aromatic heterocycles. The maximum absolute atomic E-state index is 11.9. The van der Waals surface area contributed by atoms with E-state index in [4.69, 9.17) is 0 Å². The van der Waals surface area contributed by atoms with E-state index in [9.17, 15) is 4.79 Å². The van der Waals surface area contributed by atoms with Crippen molar-refractivity contribution in [2.45, 2.75) is 52.5 Å². The SMILES string of the molecule is CC(C)(C)[C@@H]1CNCC[C@H]1CC(=O)NC1CC1. The Morgan fingerprint density at radius 1 is 1.29 bits per heavy atom. The highest BCUT2D eigenvalue weighted by atomic mass is 16.1. The van der Waals surface area contributed by atoms with Crippen LogP contribution in [0.5, 0.6) is 0 Å². The standard InChI is InChI=1S/C14H26N2O/c1-14(2,3)12-9-15-7-6-10(12)8-13(17)16-11-4-5-11/h10-12,15H,4-9H2,1-3H3,(H,16,17)/t10-,12+/m0/s1. The topological polar surface area (TPSA) is 41.1 Å². The highest BCUT2D eigenvalue weighted by molar-refractivity contribution is 5.76. The van der Waals surface area contributed by atoms with E-state index in [1.807, 2.05) is 0 Å². The van der Waals surface area contributed by atoms with Crippen molar-refractivity contribution in [3.05, 3.63) is 0 Å². The lowest BCUT2D eigenvalue weighted by Crippen LogP contribution is -2.44. The van der Waals surface area contributed by atoms with Crippen LogP contribution in [-0.2, 0) is 4.79 Å². The molecular weight excluding hydrogens is 212 g/mol. The third-order valence-corrected chi connectivity index (χ3v) is 4.13. The van der Waals surface area contributed by atoms with E-state index in [0.29, 0.717) is 17.9 Å². The van der Waals surface area contributed by atoms with E-state index < -0.39 is 0 Å². The monoisotopic (exact) mass is 238 g/mol. The van der Waals surface area contributed by atoms with Crippen LogP contribution in [0.2, 0.25) is 0 Å². The number of hydrogen-bond acceptors (Lipinski definition) is 2. The summed E-state index contributed by atoms with van der Waals surface area (Å²) in [6.07, 6.45) is 4.22. The number of piperidine rings is 1. The molecule has 0 aromatic rings. The Bertz CT molecular complexity index is 278. The van der Waals surface area contributed by atoms with Gasteiger partial charge in [-0.15, -0.1) is 0 Å². The van der Waals surface area contributed by atoms with Crippen LogP contribution in [0.15, 0.2) is 0 Å². The van der Waals surface area contributed by atoms with Gasteiger partial charge in [-0.2, -0.15) is 0 Å². The predicted molar refractivity (Wildman–Crippen MR) is 69.7 cm³/mol. The zero-order valence-electron chi connectivity index (χ0n) is 11.4. The molecule has 2 atom stereocenters. The smallest absolute Gasteiger partial charge is 0.220 e. The first-order valence-electron chi connectivity index (χ1n) is 6.97. The van der Waals surface area contributed by atoms with Gasteiger partial charge in [-0.05, 0) is 49.6 Å². The summed E-state index contributed by atoms with van der Waals surface area (Å²) < 4.78 is 0. The number of carbonyl (C=O) groups is 1. The average Bonchev–Trinajstić information content (AvgIpc) is 3.00. The van der Waals surface area contributed by atoms with Crippen LogP contribution >= 0.6 is 0 Å².